The average Bonchev–Trinajstić information content (AvgIpc) is 2.15. The van der Waals surface area contributed by atoms with Gasteiger partial charge in [0.2, 0.25) is 0 Å². The van der Waals surface area contributed by atoms with Crippen molar-refractivity contribution in [2.45, 2.75) is 20.3 Å². The molecule has 3 heteroatoms. The van der Waals surface area contributed by atoms with Gasteiger partial charge < -0.3 is 10.3 Å². The lowest BCUT2D eigenvalue weighted by Crippen LogP contribution is -1.89. The van der Waals surface area contributed by atoms with Crippen molar-refractivity contribution in [3.8, 4) is 0 Å². The van der Waals surface area contributed by atoms with Crippen LogP contribution in [-0.4, -0.2) is 5.16 Å². The fourth-order valence-electron chi connectivity index (χ4n) is 0.680. The van der Waals surface area contributed by atoms with Crippen molar-refractivity contribution >= 4 is 5.69 Å². The maximum Gasteiger partial charge on any atom is 0.156 e. The van der Waals surface area contributed by atoms with Crippen molar-refractivity contribution in [1.82, 2.24) is 5.16 Å². The quantitative estimate of drug-likeness (QED) is 0.613. The predicted molar refractivity (Wildman–Crippen MR) is 35.0 cm³/mol. The largest absolute Gasteiger partial charge is 0.394 e. The van der Waals surface area contributed by atoms with Crippen LogP contribution in [0.3, 0.4) is 0 Å². The number of nitrogens with two attached hydrogens (primary N) is 1. The second kappa shape index (κ2) is 2.09. The Labute approximate surface area is 53.8 Å². The van der Waals surface area contributed by atoms with Crippen LogP contribution in [0.15, 0.2) is 4.52 Å². The molecule has 0 spiro atoms. The van der Waals surface area contributed by atoms with Crippen molar-refractivity contribution in [3.05, 3.63) is 11.5 Å². The van der Waals surface area contributed by atoms with Gasteiger partial charge in [-0.05, 0) is 13.3 Å². The third-order valence-electron chi connectivity index (χ3n) is 1.32. The summed E-state index contributed by atoms with van der Waals surface area (Å²) in [5.41, 5.74) is 7.10. The highest BCUT2D eigenvalue weighted by atomic mass is 16.5. The maximum absolute atomic E-state index is 5.56. The lowest BCUT2D eigenvalue weighted by molar-refractivity contribution is 0.391. The average molecular weight is 126 g/mol. The van der Waals surface area contributed by atoms with Crippen molar-refractivity contribution in [2.24, 2.45) is 0 Å². The Morgan fingerprint density at radius 1 is 1.67 bits per heavy atom. The Hall–Kier alpha value is -0.990. The Bertz CT molecular complexity index is 205. The molecule has 0 aliphatic carbocycles. The lowest BCUT2D eigenvalue weighted by Gasteiger charge is -1.86. The molecule has 9 heavy (non-hydrogen) atoms. The number of nitrogens with zero attached hydrogens (tertiary/aromatic N) is 1. The second-order valence-corrected chi connectivity index (χ2v) is 1.95. The topological polar surface area (TPSA) is 52.0 Å². The molecular weight excluding hydrogens is 116 g/mol. The molecule has 3 nitrogen and oxygen atoms in total. The van der Waals surface area contributed by atoms with Crippen LogP contribution in [0, 0.1) is 6.92 Å². The molecular formula is C6H10N2O. The Kier molecular flexibility index (Phi) is 1.42. The van der Waals surface area contributed by atoms with E-state index in [-0.39, 0.29) is 0 Å². The Morgan fingerprint density at radius 3 is 2.56 bits per heavy atom. The fraction of sp³-hybridized carbons (Fsp3) is 0.500. The summed E-state index contributed by atoms with van der Waals surface area (Å²) in [6, 6.07) is 0. The molecule has 0 radical (unpaired) electrons. The number of aromatic nitrogens is 1. The lowest BCUT2D eigenvalue weighted by atomic mass is 10.3. The van der Waals surface area contributed by atoms with Crippen molar-refractivity contribution < 1.29 is 4.52 Å². The van der Waals surface area contributed by atoms with Gasteiger partial charge in [-0.1, -0.05) is 12.1 Å². The zero-order valence-corrected chi connectivity index (χ0v) is 5.64. The molecule has 0 atom stereocenters. The van der Waals surface area contributed by atoms with E-state index in [1.165, 1.54) is 0 Å². The van der Waals surface area contributed by atoms with Gasteiger partial charge in [0.15, 0.2) is 5.76 Å². The van der Waals surface area contributed by atoms with E-state index in [2.05, 4.69) is 5.16 Å². The molecule has 0 saturated carbocycles. The molecule has 50 valence electrons. The van der Waals surface area contributed by atoms with E-state index in [1.807, 2.05) is 13.8 Å². The summed E-state index contributed by atoms with van der Waals surface area (Å²) in [5.74, 6) is 0.715. The number of nitrogen functional groups attached to an aromatic ring is 1. The van der Waals surface area contributed by atoms with Gasteiger partial charge in [-0.3, -0.25) is 0 Å². The summed E-state index contributed by atoms with van der Waals surface area (Å²) in [4.78, 5) is 0. The summed E-state index contributed by atoms with van der Waals surface area (Å²) in [6.45, 7) is 3.80. The summed E-state index contributed by atoms with van der Waals surface area (Å²) >= 11 is 0. The standard InChI is InChI=1S/C6H10N2O/c1-3-5-6(7)4(2)9-8-5/h3,7H2,1-2H3. The van der Waals surface area contributed by atoms with Crippen LogP contribution >= 0.6 is 0 Å². The van der Waals surface area contributed by atoms with Gasteiger partial charge in [0, 0.05) is 0 Å². The van der Waals surface area contributed by atoms with Gasteiger partial charge in [-0.2, -0.15) is 0 Å². The normalized spacial score (nSPS) is 10.0. The van der Waals surface area contributed by atoms with E-state index in [1.54, 1.807) is 0 Å². The van der Waals surface area contributed by atoms with Gasteiger partial charge in [-0.25, -0.2) is 0 Å². The first kappa shape index (κ1) is 6.13. The van der Waals surface area contributed by atoms with E-state index in [0.29, 0.717) is 11.4 Å². The van der Waals surface area contributed by atoms with Gasteiger partial charge in [0.05, 0.1) is 5.69 Å². The smallest absolute Gasteiger partial charge is 0.156 e. The van der Waals surface area contributed by atoms with E-state index in [0.717, 1.165) is 12.1 Å². The maximum atomic E-state index is 5.56. The summed E-state index contributed by atoms with van der Waals surface area (Å²) in [6.07, 6.45) is 0.836. The van der Waals surface area contributed by atoms with Crippen molar-refractivity contribution in [1.29, 1.82) is 0 Å². The number of rotatable bonds is 1. The predicted octanol–water partition coefficient (Wildman–Crippen LogP) is 1.13. The van der Waals surface area contributed by atoms with E-state index >= 15 is 0 Å². The highest BCUT2D eigenvalue weighted by Crippen LogP contribution is 2.14. The van der Waals surface area contributed by atoms with Crippen LogP contribution in [0.2, 0.25) is 0 Å². The molecule has 0 fully saturated rings. The fourth-order valence-corrected chi connectivity index (χ4v) is 0.680. The van der Waals surface area contributed by atoms with Crippen LogP contribution < -0.4 is 5.73 Å². The second-order valence-electron chi connectivity index (χ2n) is 1.95. The molecule has 1 rings (SSSR count). The number of anilines is 1. The first-order valence-electron chi connectivity index (χ1n) is 2.96. The molecule has 0 unspecified atom stereocenters. The molecule has 2 N–H and O–H groups in total. The third-order valence-corrected chi connectivity index (χ3v) is 1.32. The number of aryl methyl sites for hydroxylation is 2. The number of hydrogen-bond acceptors (Lipinski definition) is 3. The van der Waals surface area contributed by atoms with Crippen molar-refractivity contribution in [3.63, 3.8) is 0 Å². The van der Waals surface area contributed by atoms with E-state index in [9.17, 15) is 0 Å². The van der Waals surface area contributed by atoms with Crippen LogP contribution in [0.5, 0.6) is 0 Å². The molecule has 0 amide bonds. The van der Waals surface area contributed by atoms with E-state index < -0.39 is 0 Å². The Morgan fingerprint density at radius 2 is 2.33 bits per heavy atom. The summed E-state index contributed by atoms with van der Waals surface area (Å²) < 4.78 is 4.81. The highest BCUT2D eigenvalue weighted by Gasteiger charge is 2.04. The minimum absolute atomic E-state index is 0.692. The molecule has 0 bridgehead atoms. The monoisotopic (exact) mass is 126 g/mol. The highest BCUT2D eigenvalue weighted by molar-refractivity contribution is 5.44. The van der Waals surface area contributed by atoms with Gasteiger partial charge in [0.25, 0.3) is 0 Å². The van der Waals surface area contributed by atoms with Crippen LogP contribution in [0.4, 0.5) is 5.69 Å². The van der Waals surface area contributed by atoms with Gasteiger partial charge in [0.1, 0.15) is 5.69 Å². The Balaban J connectivity index is 3.04. The first-order valence-corrected chi connectivity index (χ1v) is 2.96. The molecule has 0 aliphatic rings. The molecule has 1 aromatic rings. The molecule has 1 aromatic heterocycles. The minimum Gasteiger partial charge on any atom is -0.394 e. The number of hydrogen-bond donors (Lipinski definition) is 1. The van der Waals surface area contributed by atoms with Gasteiger partial charge >= 0.3 is 0 Å². The molecule has 1 heterocycles. The van der Waals surface area contributed by atoms with Crippen LogP contribution in [0.1, 0.15) is 18.4 Å². The summed E-state index contributed by atoms with van der Waals surface area (Å²) in [7, 11) is 0. The zero-order valence-electron chi connectivity index (χ0n) is 5.64. The summed E-state index contributed by atoms with van der Waals surface area (Å²) in [5, 5.41) is 3.73. The van der Waals surface area contributed by atoms with Crippen molar-refractivity contribution in [2.75, 3.05) is 5.73 Å². The molecule has 0 aromatic carbocycles. The van der Waals surface area contributed by atoms with E-state index in [4.69, 9.17) is 10.3 Å². The first-order chi connectivity index (χ1) is 4.25. The van der Waals surface area contributed by atoms with Crippen LogP contribution in [0.25, 0.3) is 0 Å². The SMILES string of the molecule is CCc1noc(C)c1N. The minimum atomic E-state index is 0.692. The third kappa shape index (κ3) is 0.896. The molecule has 0 saturated heterocycles. The van der Waals surface area contributed by atoms with Crippen LogP contribution in [-0.2, 0) is 6.42 Å². The van der Waals surface area contributed by atoms with Gasteiger partial charge in [-0.15, -0.1) is 0 Å². The zero-order chi connectivity index (χ0) is 6.85. The molecule has 0 aliphatic heterocycles.